The maximum atomic E-state index is 12.8. The van der Waals surface area contributed by atoms with Gasteiger partial charge in [-0.1, -0.05) is 125 Å². The van der Waals surface area contributed by atoms with Crippen LogP contribution >= 0.6 is 7.82 Å². The van der Waals surface area contributed by atoms with Gasteiger partial charge in [0.25, 0.3) is 0 Å². The first kappa shape index (κ1) is 60.0. The highest BCUT2D eigenvalue weighted by atomic mass is 31.2. The van der Waals surface area contributed by atoms with Gasteiger partial charge in [0.15, 0.2) is 6.10 Å². The van der Waals surface area contributed by atoms with Gasteiger partial charge < -0.3 is 50.1 Å². The topological polar surface area (TPSA) is 250 Å². The number of carbonyl (C=O) groups excluding carboxylic acids is 2. The van der Waals surface area contributed by atoms with Gasteiger partial charge in [0.2, 0.25) is 0 Å². The van der Waals surface area contributed by atoms with Gasteiger partial charge in [-0.3, -0.25) is 18.6 Å². The molecule has 372 valence electrons. The minimum absolute atomic E-state index is 0.00507. The van der Waals surface area contributed by atoms with Crippen molar-refractivity contribution in [1.29, 1.82) is 0 Å². The first-order valence-electron chi connectivity index (χ1n) is 23.6. The Morgan fingerprint density at radius 2 is 1.03 bits per heavy atom. The molecule has 0 aliphatic heterocycles. The molecule has 1 fully saturated rings. The molecule has 1 rings (SSSR count). The Kier molecular flexibility index (Phi) is 35.0. The summed E-state index contributed by atoms with van der Waals surface area (Å²) in [5, 5.41) is 70.9. The van der Waals surface area contributed by atoms with Crippen molar-refractivity contribution in [3.05, 3.63) is 85.1 Å². The molecule has 3 unspecified atom stereocenters. The van der Waals surface area contributed by atoms with E-state index in [1.54, 1.807) is 6.08 Å². The molecule has 8 N–H and O–H groups in total. The van der Waals surface area contributed by atoms with Crippen LogP contribution in [0.15, 0.2) is 85.1 Å². The van der Waals surface area contributed by atoms with Crippen LogP contribution in [0.5, 0.6) is 0 Å². The van der Waals surface area contributed by atoms with Crippen LogP contribution in [0.3, 0.4) is 0 Å². The van der Waals surface area contributed by atoms with Crippen LogP contribution < -0.4 is 0 Å². The molecule has 0 aromatic rings. The number of carbonyl (C=O) groups is 2. The third-order valence-corrected chi connectivity index (χ3v) is 11.4. The fraction of sp³-hybridized carbons (Fsp3) is 0.673. The normalized spacial score (nSPS) is 23.2. The average Bonchev–Trinajstić information content (AvgIpc) is 3.28. The summed E-state index contributed by atoms with van der Waals surface area (Å²) in [4.78, 5) is 35.8. The minimum Gasteiger partial charge on any atom is -0.462 e. The highest BCUT2D eigenvalue weighted by Gasteiger charge is 2.51. The van der Waals surface area contributed by atoms with Crippen LogP contribution in [0.4, 0.5) is 0 Å². The lowest BCUT2D eigenvalue weighted by molar-refractivity contribution is -0.220. The van der Waals surface area contributed by atoms with Crippen molar-refractivity contribution in [1.82, 2.24) is 0 Å². The fourth-order valence-corrected chi connectivity index (χ4v) is 7.47. The molecule has 0 spiro atoms. The third-order valence-electron chi connectivity index (χ3n) is 10.4. The van der Waals surface area contributed by atoms with Gasteiger partial charge in [-0.25, -0.2) is 4.57 Å². The maximum absolute atomic E-state index is 12.8. The van der Waals surface area contributed by atoms with Gasteiger partial charge >= 0.3 is 19.8 Å². The Morgan fingerprint density at radius 3 is 1.58 bits per heavy atom. The molecular formula is C49H81O15P. The Hall–Kier alpha value is -3.05. The molecule has 0 aromatic heterocycles. The highest BCUT2D eigenvalue weighted by molar-refractivity contribution is 7.47. The number of hydrogen-bond donors (Lipinski definition) is 8. The van der Waals surface area contributed by atoms with Crippen molar-refractivity contribution in [2.45, 2.75) is 197 Å². The van der Waals surface area contributed by atoms with E-state index in [-0.39, 0.29) is 32.1 Å². The van der Waals surface area contributed by atoms with E-state index in [1.807, 2.05) is 12.2 Å². The monoisotopic (exact) mass is 941 g/mol. The van der Waals surface area contributed by atoms with E-state index in [2.05, 4.69) is 80.7 Å². The van der Waals surface area contributed by atoms with E-state index in [4.69, 9.17) is 18.5 Å². The smallest absolute Gasteiger partial charge is 0.462 e. The molecule has 0 amide bonds. The molecule has 16 heteroatoms. The minimum atomic E-state index is -5.20. The number of ether oxygens (including phenoxy) is 2. The van der Waals surface area contributed by atoms with E-state index in [0.717, 1.165) is 64.2 Å². The van der Waals surface area contributed by atoms with Crippen LogP contribution in [0.25, 0.3) is 0 Å². The zero-order chi connectivity index (χ0) is 48.1. The number of allylic oxidation sites excluding steroid dienone is 13. The van der Waals surface area contributed by atoms with Gasteiger partial charge in [0, 0.05) is 12.8 Å². The standard InChI is InChI=1S/C49H81O15P/c1-3-5-7-9-11-13-15-17-18-19-20-21-23-25-27-29-31-35-43(53)63-39(38-62-65(59,60)64-49-47(57)45(55)44(54)46(56)48(49)58)37-61-42(52)36-32-34-41(51)40(50)33-30-28-26-24-22-16-14-12-10-8-6-4-2/h6,8,11-14,17-18,20-22,24,28,30,39-41,44-51,54-58H,3-5,7,9-10,15-16,19,23,25-27,29,31-38H2,1-2H3,(H,59,60)/b8-6-,13-11-,14-12-,18-17-,21-20-,24-22-,30-28-/t39-,40+,41+,44?,45-,46+,47-,48-,49?/m1/s1. The Bertz CT molecular complexity index is 1490. The second kappa shape index (κ2) is 38.0. The number of hydrogen-bond acceptors (Lipinski definition) is 14. The molecule has 0 aromatic carbocycles. The third kappa shape index (κ3) is 30.1. The van der Waals surface area contributed by atoms with Crippen molar-refractivity contribution in [3.63, 3.8) is 0 Å². The first-order valence-corrected chi connectivity index (χ1v) is 25.1. The SMILES string of the molecule is CC/C=C\C/C=C\C/C=C\C/C=C\C[C@H](O)[C@@H](O)CCCC(=O)OC[C@H](COP(=O)(O)OC1[C@H](O)[C@H](O)C(O)[C@H](O)[C@H]1O)OC(=O)CCCCCC/C=C\C/C=C\C/C=C\CCCCC. The molecular weight excluding hydrogens is 859 g/mol. The van der Waals surface area contributed by atoms with Crippen molar-refractivity contribution in [3.8, 4) is 0 Å². The lowest BCUT2D eigenvalue weighted by atomic mass is 9.85. The van der Waals surface area contributed by atoms with Crippen molar-refractivity contribution >= 4 is 19.8 Å². The predicted molar refractivity (Wildman–Crippen MR) is 251 cm³/mol. The van der Waals surface area contributed by atoms with E-state index >= 15 is 0 Å². The summed E-state index contributed by atoms with van der Waals surface area (Å²) >= 11 is 0. The highest BCUT2D eigenvalue weighted by Crippen LogP contribution is 2.47. The molecule has 0 heterocycles. The van der Waals surface area contributed by atoms with E-state index in [0.29, 0.717) is 12.8 Å². The largest absolute Gasteiger partial charge is 0.472 e. The molecule has 1 aliphatic carbocycles. The van der Waals surface area contributed by atoms with Gasteiger partial charge in [0.1, 0.15) is 43.2 Å². The summed E-state index contributed by atoms with van der Waals surface area (Å²) in [7, 11) is -5.20. The summed E-state index contributed by atoms with van der Waals surface area (Å²) in [5.74, 6) is -1.42. The molecule has 1 saturated carbocycles. The number of phosphoric ester groups is 1. The maximum Gasteiger partial charge on any atom is 0.472 e. The quantitative estimate of drug-likeness (QED) is 0.0133. The zero-order valence-corrected chi connectivity index (χ0v) is 39.6. The molecule has 65 heavy (non-hydrogen) atoms. The van der Waals surface area contributed by atoms with Crippen molar-refractivity contribution < 1.29 is 73.3 Å². The Morgan fingerprint density at radius 1 is 0.554 bits per heavy atom. The van der Waals surface area contributed by atoms with Gasteiger partial charge in [-0.05, 0) is 89.9 Å². The molecule has 1 aliphatic rings. The van der Waals surface area contributed by atoms with Gasteiger partial charge in [-0.2, -0.15) is 0 Å². The lowest BCUT2D eigenvalue weighted by Gasteiger charge is -2.41. The average molecular weight is 941 g/mol. The molecule has 0 radical (unpaired) electrons. The number of aliphatic hydroxyl groups excluding tert-OH is 7. The van der Waals surface area contributed by atoms with Crippen molar-refractivity contribution in [2.24, 2.45) is 0 Å². The molecule has 15 nitrogen and oxygen atoms in total. The van der Waals surface area contributed by atoms with Crippen molar-refractivity contribution in [2.75, 3.05) is 13.2 Å². The second-order valence-electron chi connectivity index (χ2n) is 16.2. The Labute approximate surface area is 387 Å². The number of phosphoric acid groups is 1. The van der Waals surface area contributed by atoms with E-state index < -0.39 is 87.9 Å². The number of aliphatic hydroxyl groups is 7. The van der Waals surface area contributed by atoms with Crippen LogP contribution in [0.2, 0.25) is 0 Å². The number of esters is 2. The van der Waals surface area contributed by atoms with Crippen LogP contribution in [0, 0.1) is 0 Å². The molecule has 0 saturated heterocycles. The fourth-order valence-electron chi connectivity index (χ4n) is 6.50. The number of rotatable bonds is 37. The van der Waals surface area contributed by atoms with Gasteiger partial charge in [-0.15, -0.1) is 0 Å². The van der Waals surface area contributed by atoms with Crippen LogP contribution in [-0.2, 0) is 32.7 Å². The predicted octanol–water partition coefficient (Wildman–Crippen LogP) is 7.22. The molecule has 10 atom stereocenters. The number of unbranched alkanes of at least 4 members (excludes halogenated alkanes) is 7. The van der Waals surface area contributed by atoms with Gasteiger partial charge in [0.05, 0.1) is 18.8 Å². The van der Waals surface area contributed by atoms with Crippen LogP contribution in [0.1, 0.15) is 142 Å². The van der Waals surface area contributed by atoms with Crippen LogP contribution in [-0.4, -0.2) is 121 Å². The van der Waals surface area contributed by atoms with E-state index in [9.17, 15) is 54.8 Å². The summed E-state index contributed by atoms with van der Waals surface area (Å²) in [6.07, 6.45) is 27.8. The summed E-state index contributed by atoms with van der Waals surface area (Å²) in [6, 6.07) is 0. The first-order chi connectivity index (χ1) is 31.2. The lowest BCUT2D eigenvalue weighted by Crippen LogP contribution is -2.64. The van der Waals surface area contributed by atoms with E-state index in [1.165, 1.54) is 19.3 Å². The summed E-state index contributed by atoms with van der Waals surface area (Å²) in [5.41, 5.74) is 0. The summed E-state index contributed by atoms with van der Waals surface area (Å²) in [6.45, 7) is 2.87. The second-order valence-corrected chi connectivity index (χ2v) is 17.6. The zero-order valence-electron chi connectivity index (χ0n) is 38.7. The Balaban J connectivity index is 2.59. The summed E-state index contributed by atoms with van der Waals surface area (Å²) < 4.78 is 33.3. The molecule has 0 bridgehead atoms.